The molecule has 2 aliphatic rings. The molecule has 6 atom stereocenters. The van der Waals surface area contributed by atoms with Crippen LogP contribution in [0.1, 0.15) is 64.7 Å². The molecule has 0 radical (unpaired) electrons. The molecule has 3 rings (SSSR count). The van der Waals surface area contributed by atoms with Gasteiger partial charge in [-0.3, -0.25) is 4.79 Å². The molecule has 7 nitrogen and oxygen atoms in total. The van der Waals surface area contributed by atoms with E-state index in [2.05, 4.69) is 17.6 Å². The highest BCUT2D eigenvalue weighted by atomic mass is 32.1. The minimum absolute atomic E-state index is 0.0290. The van der Waals surface area contributed by atoms with Crippen LogP contribution in [-0.4, -0.2) is 47.1 Å². The summed E-state index contributed by atoms with van der Waals surface area (Å²) in [6.07, 6.45) is 1.44. The minimum Gasteiger partial charge on any atom is -0.446 e. The van der Waals surface area contributed by atoms with E-state index in [1.54, 1.807) is 11.3 Å². The predicted molar refractivity (Wildman–Crippen MR) is 124 cm³/mol. The average molecular weight is 467 g/mol. The van der Waals surface area contributed by atoms with E-state index in [0.29, 0.717) is 19.4 Å². The van der Waals surface area contributed by atoms with Crippen molar-refractivity contribution in [3.63, 3.8) is 0 Å². The van der Waals surface area contributed by atoms with Crippen molar-refractivity contribution in [2.75, 3.05) is 6.61 Å². The van der Waals surface area contributed by atoms with Gasteiger partial charge in [-0.05, 0) is 68.2 Å². The fourth-order valence-electron chi connectivity index (χ4n) is 6.05. The summed E-state index contributed by atoms with van der Waals surface area (Å²) < 4.78 is 5.78. The topological polar surface area (TPSA) is 108 Å². The number of carbonyl (C=O) groups is 2. The Balaban J connectivity index is 1.74. The van der Waals surface area contributed by atoms with Crippen molar-refractivity contribution in [1.29, 1.82) is 0 Å². The summed E-state index contributed by atoms with van der Waals surface area (Å²) in [6, 6.07) is 3.92. The summed E-state index contributed by atoms with van der Waals surface area (Å²) in [6.45, 7) is 8.25. The van der Waals surface area contributed by atoms with Crippen LogP contribution in [-0.2, 0) is 16.1 Å². The first kappa shape index (κ1) is 25.0. The monoisotopic (exact) mass is 466 g/mol. The molecule has 4 N–H and O–H groups in total. The Morgan fingerprint density at radius 2 is 2.03 bits per heavy atom. The van der Waals surface area contributed by atoms with Crippen molar-refractivity contribution in [2.45, 2.75) is 84.6 Å². The standard InChI is InChI=1S/C24H38N2O5S/c1-15(2)26-22(30)31-20-9-10-23(3)17(12-21(29)25-13-16-6-5-11-32-16)18(28)7-8-19(23)24(20,4)14-27/h5-6,11,15,17-20,27-28H,7-10,12-14H2,1-4H3,(H,25,29)(H,26,30). The van der Waals surface area contributed by atoms with Crippen LogP contribution in [0.3, 0.4) is 0 Å². The zero-order chi connectivity index (χ0) is 23.5. The Bertz CT molecular complexity index is 785. The average Bonchev–Trinajstić information content (AvgIpc) is 3.24. The fraction of sp³-hybridized carbons (Fsp3) is 0.750. The number of hydrogen-bond acceptors (Lipinski definition) is 6. The molecule has 2 amide bonds. The molecule has 6 unspecified atom stereocenters. The Kier molecular flexibility index (Phi) is 7.89. The lowest BCUT2D eigenvalue weighted by atomic mass is 9.46. The van der Waals surface area contributed by atoms with E-state index in [-0.39, 0.29) is 42.2 Å². The number of rotatable bonds is 7. The Morgan fingerprint density at radius 3 is 2.66 bits per heavy atom. The second-order valence-corrected chi connectivity index (χ2v) is 11.3. The van der Waals surface area contributed by atoms with Crippen molar-refractivity contribution >= 4 is 23.3 Å². The van der Waals surface area contributed by atoms with Gasteiger partial charge in [0.05, 0.1) is 19.3 Å². The largest absolute Gasteiger partial charge is 0.446 e. The summed E-state index contributed by atoms with van der Waals surface area (Å²) in [5.41, 5.74) is -0.961. The number of aliphatic hydroxyl groups excluding tert-OH is 2. The minimum atomic E-state index is -0.632. The number of aliphatic hydroxyl groups is 2. The molecule has 1 heterocycles. The molecule has 0 aromatic carbocycles. The van der Waals surface area contributed by atoms with Gasteiger partial charge in [0.2, 0.25) is 5.91 Å². The first-order chi connectivity index (χ1) is 15.1. The lowest BCUT2D eigenvalue weighted by Crippen LogP contribution is -2.61. The van der Waals surface area contributed by atoms with Gasteiger partial charge in [0.25, 0.3) is 0 Å². The van der Waals surface area contributed by atoms with E-state index in [9.17, 15) is 19.8 Å². The SMILES string of the molecule is CC(C)NC(=O)OC1CCC2(C)C(CC(=O)NCc3cccs3)C(O)CCC2C1(C)CO. The lowest BCUT2D eigenvalue weighted by molar-refractivity contribution is -0.186. The normalized spacial score (nSPS) is 34.6. The van der Waals surface area contributed by atoms with Crippen LogP contribution in [0, 0.1) is 22.7 Å². The van der Waals surface area contributed by atoms with Gasteiger partial charge in [0.15, 0.2) is 0 Å². The van der Waals surface area contributed by atoms with E-state index in [1.165, 1.54) is 0 Å². The van der Waals surface area contributed by atoms with Gasteiger partial charge in [-0.2, -0.15) is 0 Å². The molecule has 32 heavy (non-hydrogen) atoms. The summed E-state index contributed by atoms with van der Waals surface area (Å²) in [7, 11) is 0. The third-order valence-corrected chi connectivity index (χ3v) is 8.65. The van der Waals surface area contributed by atoms with Crippen molar-refractivity contribution in [1.82, 2.24) is 10.6 Å². The third-order valence-electron chi connectivity index (χ3n) is 7.78. The number of thiophene rings is 1. The van der Waals surface area contributed by atoms with Crippen LogP contribution >= 0.6 is 11.3 Å². The smallest absolute Gasteiger partial charge is 0.407 e. The van der Waals surface area contributed by atoms with Crippen molar-refractivity contribution in [2.24, 2.45) is 22.7 Å². The van der Waals surface area contributed by atoms with Gasteiger partial charge >= 0.3 is 6.09 Å². The molecule has 0 bridgehead atoms. The van der Waals surface area contributed by atoms with Crippen LogP contribution in [0.4, 0.5) is 4.79 Å². The number of amides is 2. The first-order valence-electron chi connectivity index (χ1n) is 11.6. The van der Waals surface area contributed by atoms with E-state index in [0.717, 1.165) is 17.7 Å². The van der Waals surface area contributed by atoms with Gasteiger partial charge in [0, 0.05) is 22.8 Å². The van der Waals surface area contributed by atoms with Gasteiger partial charge in [-0.1, -0.05) is 19.9 Å². The first-order valence-corrected chi connectivity index (χ1v) is 12.5. The highest BCUT2D eigenvalue weighted by Crippen LogP contribution is 2.61. The molecule has 2 saturated carbocycles. The van der Waals surface area contributed by atoms with E-state index < -0.39 is 23.7 Å². The van der Waals surface area contributed by atoms with Gasteiger partial charge in [-0.15, -0.1) is 11.3 Å². The second kappa shape index (κ2) is 10.1. The zero-order valence-electron chi connectivity index (χ0n) is 19.6. The molecule has 2 fully saturated rings. The molecule has 0 aliphatic heterocycles. The van der Waals surface area contributed by atoms with Crippen molar-refractivity contribution in [3.05, 3.63) is 22.4 Å². The zero-order valence-corrected chi connectivity index (χ0v) is 20.4. The summed E-state index contributed by atoms with van der Waals surface area (Å²) in [4.78, 5) is 26.2. The number of carbonyl (C=O) groups excluding carboxylic acids is 2. The number of hydrogen-bond donors (Lipinski definition) is 4. The van der Waals surface area contributed by atoms with Gasteiger partial charge in [-0.25, -0.2) is 4.79 Å². The van der Waals surface area contributed by atoms with Gasteiger partial charge in [0.1, 0.15) is 6.10 Å². The summed E-state index contributed by atoms with van der Waals surface area (Å²) >= 11 is 1.60. The fourth-order valence-corrected chi connectivity index (χ4v) is 6.69. The van der Waals surface area contributed by atoms with Crippen LogP contribution in [0.15, 0.2) is 17.5 Å². The molecule has 8 heteroatoms. The van der Waals surface area contributed by atoms with Crippen LogP contribution in [0.25, 0.3) is 0 Å². The molecule has 1 aromatic rings. The van der Waals surface area contributed by atoms with E-state index >= 15 is 0 Å². The highest BCUT2D eigenvalue weighted by Gasteiger charge is 2.60. The van der Waals surface area contributed by atoms with Crippen LogP contribution in [0.5, 0.6) is 0 Å². The van der Waals surface area contributed by atoms with Gasteiger partial charge < -0.3 is 25.6 Å². The maximum absolute atomic E-state index is 12.8. The van der Waals surface area contributed by atoms with Crippen LogP contribution in [0.2, 0.25) is 0 Å². The van der Waals surface area contributed by atoms with E-state index in [4.69, 9.17) is 4.74 Å². The molecule has 1 aromatic heterocycles. The van der Waals surface area contributed by atoms with Crippen LogP contribution < -0.4 is 10.6 Å². The quantitative estimate of drug-likeness (QED) is 0.492. The van der Waals surface area contributed by atoms with E-state index in [1.807, 2.05) is 38.3 Å². The number of nitrogens with one attached hydrogen (secondary N) is 2. The Hall–Kier alpha value is -1.64. The maximum Gasteiger partial charge on any atom is 0.407 e. The second-order valence-electron chi connectivity index (χ2n) is 10.3. The highest BCUT2D eigenvalue weighted by molar-refractivity contribution is 7.09. The summed E-state index contributed by atoms with van der Waals surface area (Å²) in [5.74, 6) is -0.241. The van der Waals surface area contributed by atoms with Crippen molar-refractivity contribution < 1.29 is 24.5 Å². The molecule has 0 saturated heterocycles. The Morgan fingerprint density at radius 1 is 1.28 bits per heavy atom. The molecule has 180 valence electrons. The number of ether oxygens (including phenoxy) is 1. The number of alkyl carbamates (subject to hydrolysis) is 1. The maximum atomic E-state index is 12.8. The predicted octanol–water partition coefficient (Wildman–Crippen LogP) is 3.44. The molecule has 0 spiro atoms. The summed E-state index contributed by atoms with van der Waals surface area (Å²) in [5, 5.41) is 29.1. The lowest BCUT2D eigenvalue weighted by Gasteiger charge is -2.60. The number of fused-ring (bicyclic) bond motifs is 1. The molecular weight excluding hydrogens is 428 g/mol. The third kappa shape index (κ3) is 5.13. The molecule has 2 aliphatic carbocycles. The Labute approximate surface area is 194 Å². The molecular formula is C24H38N2O5S. The van der Waals surface area contributed by atoms with Crippen molar-refractivity contribution in [3.8, 4) is 0 Å².